The van der Waals surface area contributed by atoms with E-state index >= 15 is 0 Å². The van der Waals surface area contributed by atoms with E-state index in [1.54, 1.807) is 0 Å². The fraction of sp³-hybridized carbons (Fsp3) is 0.706. The topological polar surface area (TPSA) is 28.2 Å². The van der Waals surface area contributed by atoms with Gasteiger partial charge < -0.3 is 5.32 Å². The Morgan fingerprint density at radius 1 is 1.30 bits per heavy atom. The molecule has 0 aromatic carbocycles. The Balaban J connectivity index is 1.65. The number of pyridine rings is 1. The molecule has 20 heavy (non-hydrogen) atoms. The highest BCUT2D eigenvalue weighted by Crippen LogP contribution is 2.39. The second-order valence-corrected chi connectivity index (χ2v) is 6.56. The fourth-order valence-electron chi connectivity index (χ4n) is 3.36. The van der Waals surface area contributed by atoms with E-state index < -0.39 is 0 Å². The van der Waals surface area contributed by atoms with Crippen LogP contribution in [-0.2, 0) is 6.54 Å². The molecule has 1 N–H and O–H groups in total. The van der Waals surface area contributed by atoms with Gasteiger partial charge in [0.15, 0.2) is 0 Å². The molecule has 0 bridgehead atoms. The van der Waals surface area contributed by atoms with Crippen molar-refractivity contribution in [1.29, 1.82) is 0 Å². The van der Waals surface area contributed by atoms with Gasteiger partial charge in [0.25, 0.3) is 0 Å². The molecule has 3 nitrogen and oxygen atoms in total. The summed E-state index contributed by atoms with van der Waals surface area (Å²) in [5.74, 6) is 1.86. The second kappa shape index (κ2) is 6.68. The summed E-state index contributed by atoms with van der Waals surface area (Å²) in [6.45, 7) is 7.03. The Labute approximate surface area is 122 Å². The van der Waals surface area contributed by atoms with Gasteiger partial charge in [0, 0.05) is 25.3 Å². The summed E-state index contributed by atoms with van der Waals surface area (Å²) in [5, 5.41) is 3.53. The molecule has 2 aliphatic rings. The Bertz CT molecular complexity index is 398. The van der Waals surface area contributed by atoms with Crippen molar-refractivity contribution in [1.82, 2.24) is 15.2 Å². The van der Waals surface area contributed by atoms with Crippen molar-refractivity contribution >= 4 is 0 Å². The molecule has 1 aromatic rings. The number of hydrogen-bond acceptors (Lipinski definition) is 3. The van der Waals surface area contributed by atoms with Gasteiger partial charge in [-0.2, -0.15) is 0 Å². The van der Waals surface area contributed by atoms with Crippen LogP contribution in [0.25, 0.3) is 0 Å². The minimum Gasteiger partial charge on any atom is -0.317 e. The van der Waals surface area contributed by atoms with E-state index in [2.05, 4.69) is 34.3 Å². The van der Waals surface area contributed by atoms with E-state index in [9.17, 15) is 0 Å². The lowest BCUT2D eigenvalue weighted by Gasteiger charge is -2.31. The van der Waals surface area contributed by atoms with Crippen LogP contribution in [0, 0.1) is 11.8 Å². The van der Waals surface area contributed by atoms with Gasteiger partial charge >= 0.3 is 0 Å². The highest BCUT2D eigenvalue weighted by atomic mass is 15.2. The summed E-state index contributed by atoms with van der Waals surface area (Å²) in [5.41, 5.74) is 1.22. The third-order valence-electron chi connectivity index (χ3n) is 4.90. The van der Waals surface area contributed by atoms with E-state index in [-0.39, 0.29) is 0 Å². The van der Waals surface area contributed by atoms with Crippen LogP contribution in [0.4, 0.5) is 0 Å². The molecule has 0 amide bonds. The lowest BCUT2D eigenvalue weighted by molar-refractivity contribution is 0.161. The molecule has 110 valence electrons. The molecule has 3 heteroatoms. The first-order chi connectivity index (χ1) is 9.83. The highest BCUT2D eigenvalue weighted by molar-refractivity contribution is 5.04. The van der Waals surface area contributed by atoms with Crippen LogP contribution < -0.4 is 5.32 Å². The number of hydrogen-bond donors (Lipinski definition) is 1. The van der Waals surface area contributed by atoms with Crippen LogP contribution in [-0.4, -0.2) is 35.6 Å². The molecule has 0 spiro atoms. The number of nitrogens with one attached hydrogen (secondary N) is 1. The minimum absolute atomic E-state index is 0.736. The van der Waals surface area contributed by atoms with Crippen molar-refractivity contribution in [3.05, 3.63) is 30.1 Å². The number of aromatic nitrogens is 1. The van der Waals surface area contributed by atoms with Gasteiger partial charge in [-0.25, -0.2) is 0 Å². The van der Waals surface area contributed by atoms with Gasteiger partial charge in [0.05, 0.1) is 5.69 Å². The molecular formula is C17H27N3. The predicted octanol–water partition coefficient (Wildman–Crippen LogP) is 2.68. The first-order valence-electron chi connectivity index (χ1n) is 8.17. The zero-order valence-corrected chi connectivity index (χ0v) is 12.6. The van der Waals surface area contributed by atoms with Gasteiger partial charge in [0.1, 0.15) is 0 Å². The Hall–Kier alpha value is -0.930. The Morgan fingerprint density at radius 2 is 2.20 bits per heavy atom. The van der Waals surface area contributed by atoms with Crippen molar-refractivity contribution in [2.24, 2.45) is 11.8 Å². The van der Waals surface area contributed by atoms with E-state index in [0.29, 0.717) is 0 Å². The smallest absolute Gasteiger partial charge is 0.0544 e. The summed E-state index contributed by atoms with van der Waals surface area (Å²) < 4.78 is 0. The fourth-order valence-corrected chi connectivity index (χ4v) is 3.36. The third-order valence-corrected chi connectivity index (χ3v) is 4.90. The largest absolute Gasteiger partial charge is 0.317 e. The van der Waals surface area contributed by atoms with Crippen molar-refractivity contribution < 1.29 is 0 Å². The van der Waals surface area contributed by atoms with Gasteiger partial charge in [-0.15, -0.1) is 0 Å². The molecule has 0 radical (unpaired) electrons. The molecule has 1 aromatic heterocycles. The van der Waals surface area contributed by atoms with Gasteiger partial charge in [-0.1, -0.05) is 13.0 Å². The summed E-state index contributed by atoms with van der Waals surface area (Å²) in [6.07, 6.45) is 7.27. The summed E-state index contributed by atoms with van der Waals surface area (Å²) in [4.78, 5) is 7.24. The normalized spacial score (nSPS) is 30.2. The van der Waals surface area contributed by atoms with E-state index in [1.165, 1.54) is 51.0 Å². The molecular weight excluding hydrogens is 246 g/mol. The van der Waals surface area contributed by atoms with Crippen LogP contribution in [0.1, 0.15) is 38.3 Å². The van der Waals surface area contributed by atoms with E-state index in [0.717, 1.165) is 24.4 Å². The average Bonchev–Trinajstić information content (AvgIpc) is 3.21. The number of nitrogens with zero attached hydrogens (tertiary/aromatic N) is 2. The summed E-state index contributed by atoms with van der Waals surface area (Å²) in [7, 11) is 0. The maximum atomic E-state index is 4.53. The molecule has 3 unspecified atom stereocenters. The van der Waals surface area contributed by atoms with Crippen LogP contribution in [0.5, 0.6) is 0 Å². The first kappa shape index (κ1) is 14.0. The maximum absolute atomic E-state index is 4.53. The Kier molecular flexibility index (Phi) is 4.69. The van der Waals surface area contributed by atoms with Crippen molar-refractivity contribution in [3.63, 3.8) is 0 Å². The van der Waals surface area contributed by atoms with Gasteiger partial charge in [-0.05, 0) is 62.7 Å². The molecule has 1 aliphatic carbocycles. The van der Waals surface area contributed by atoms with E-state index in [4.69, 9.17) is 0 Å². The quantitative estimate of drug-likeness (QED) is 0.894. The van der Waals surface area contributed by atoms with Crippen molar-refractivity contribution in [2.45, 2.75) is 45.2 Å². The van der Waals surface area contributed by atoms with Crippen LogP contribution in [0.15, 0.2) is 24.4 Å². The van der Waals surface area contributed by atoms with Gasteiger partial charge in [-0.3, -0.25) is 9.88 Å². The lowest BCUT2D eigenvalue weighted by Crippen LogP contribution is -2.37. The Morgan fingerprint density at radius 3 is 2.95 bits per heavy atom. The molecule has 3 rings (SSSR count). The molecule has 2 fully saturated rings. The third kappa shape index (κ3) is 3.80. The first-order valence-corrected chi connectivity index (χ1v) is 8.17. The molecule has 2 heterocycles. The molecule has 1 saturated carbocycles. The lowest BCUT2D eigenvalue weighted by atomic mass is 10.1. The SMILES string of the molecule is CC1CC1CN(Cc1ccccn1)C1CCCNCC1. The monoisotopic (exact) mass is 273 g/mol. The van der Waals surface area contributed by atoms with Gasteiger partial charge in [0.2, 0.25) is 0 Å². The zero-order chi connectivity index (χ0) is 13.8. The molecule has 3 atom stereocenters. The predicted molar refractivity (Wildman–Crippen MR) is 82.4 cm³/mol. The number of rotatable bonds is 5. The molecule has 1 saturated heterocycles. The van der Waals surface area contributed by atoms with Crippen molar-refractivity contribution in [2.75, 3.05) is 19.6 Å². The minimum atomic E-state index is 0.736. The van der Waals surface area contributed by atoms with Crippen molar-refractivity contribution in [3.8, 4) is 0 Å². The highest BCUT2D eigenvalue weighted by Gasteiger charge is 2.35. The zero-order valence-electron chi connectivity index (χ0n) is 12.6. The standard InChI is InChI=1S/C17H27N3/c1-14-11-15(14)12-20(13-16-5-2-3-9-19-16)17-6-4-8-18-10-7-17/h2-3,5,9,14-15,17-18H,4,6-8,10-13H2,1H3. The van der Waals surface area contributed by atoms with Crippen LogP contribution in [0.2, 0.25) is 0 Å². The molecule has 1 aliphatic heterocycles. The second-order valence-electron chi connectivity index (χ2n) is 6.56. The van der Waals surface area contributed by atoms with E-state index in [1.807, 2.05) is 12.3 Å². The maximum Gasteiger partial charge on any atom is 0.0544 e. The van der Waals surface area contributed by atoms with Crippen LogP contribution in [0.3, 0.4) is 0 Å². The summed E-state index contributed by atoms with van der Waals surface area (Å²) >= 11 is 0. The summed E-state index contributed by atoms with van der Waals surface area (Å²) in [6, 6.07) is 7.01. The van der Waals surface area contributed by atoms with Crippen LogP contribution >= 0.6 is 0 Å². The average molecular weight is 273 g/mol.